The van der Waals surface area contributed by atoms with E-state index in [4.69, 9.17) is 27.9 Å². The Labute approximate surface area is 191 Å². The average Bonchev–Trinajstić information content (AvgIpc) is 2.70. The van der Waals surface area contributed by atoms with Crippen molar-refractivity contribution >= 4 is 46.6 Å². The molecule has 2 aromatic carbocycles. The molecule has 0 atom stereocenters. The van der Waals surface area contributed by atoms with Crippen molar-refractivity contribution in [3.63, 3.8) is 0 Å². The van der Waals surface area contributed by atoms with Crippen molar-refractivity contribution in [3.8, 4) is 5.75 Å². The molecule has 0 heterocycles. The van der Waals surface area contributed by atoms with Crippen LogP contribution in [0.1, 0.15) is 43.5 Å². The number of ether oxygens (including phenoxy) is 1. The van der Waals surface area contributed by atoms with Crippen molar-refractivity contribution in [2.45, 2.75) is 33.1 Å². The van der Waals surface area contributed by atoms with Gasteiger partial charge in [0.05, 0.1) is 11.6 Å². The quantitative estimate of drug-likeness (QED) is 0.372. The van der Waals surface area contributed by atoms with Gasteiger partial charge in [0.1, 0.15) is 5.75 Å². The number of carbonyl (C=O) groups is 3. The number of rotatable bonds is 9. The Morgan fingerprint density at radius 2 is 1.68 bits per heavy atom. The third kappa shape index (κ3) is 8.86. The monoisotopic (exact) mass is 465 g/mol. The number of amides is 3. The third-order valence-corrected chi connectivity index (χ3v) is 4.57. The van der Waals surface area contributed by atoms with Gasteiger partial charge in [0.25, 0.3) is 5.91 Å². The molecule has 0 unspecified atom stereocenters. The molecule has 0 radical (unpaired) electrons. The van der Waals surface area contributed by atoms with E-state index in [0.29, 0.717) is 39.9 Å². The van der Waals surface area contributed by atoms with Crippen LogP contribution in [0.5, 0.6) is 5.75 Å². The molecule has 166 valence electrons. The Kier molecular flexibility index (Phi) is 9.62. The zero-order chi connectivity index (χ0) is 22.8. The highest BCUT2D eigenvalue weighted by Gasteiger charge is 2.10. The Bertz CT molecular complexity index is 917. The maximum atomic E-state index is 12.1. The smallest absolute Gasteiger partial charge is 0.269 e. The number of hydrogen-bond donors (Lipinski definition) is 3. The molecule has 9 heteroatoms. The van der Waals surface area contributed by atoms with E-state index < -0.39 is 5.91 Å². The molecule has 0 fully saturated rings. The first kappa shape index (κ1) is 24.5. The van der Waals surface area contributed by atoms with Crippen LogP contribution in [0.2, 0.25) is 10.0 Å². The highest BCUT2D eigenvalue weighted by atomic mass is 35.5. The second-order valence-corrected chi connectivity index (χ2v) is 8.10. The second kappa shape index (κ2) is 12.2. The molecule has 0 aromatic heterocycles. The summed E-state index contributed by atoms with van der Waals surface area (Å²) in [4.78, 5) is 35.8. The fraction of sp³-hybridized carbons (Fsp3) is 0.318. The standard InChI is InChI=1S/C22H25Cl2N3O4/c1-14(2)12-21(29)25-17-8-5-15(6-9-17)22(30)27-26-20(28)4-3-11-31-19-10-7-16(23)13-18(19)24/h5-10,13-14H,3-4,11-12H2,1-2H3,(H,25,29)(H,26,28)(H,27,30). The van der Waals surface area contributed by atoms with E-state index in [9.17, 15) is 14.4 Å². The van der Waals surface area contributed by atoms with Crippen LogP contribution >= 0.6 is 23.2 Å². The first-order valence-electron chi connectivity index (χ1n) is 9.81. The van der Waals surface area contributed by atoms with Gasteiger partial charge in [-0.15, -0.1) is 0 Å². The normalized spacial score (nSPS) is 10.5. The summed E-state index contributed by atoms with van der Waals surface area (Å²) in [5.74, 6) is -0.143. The minimum absolute atomic E-state index is 0.0817. The molecule has 3 N–H and O–H groups in total. The Hall–Kier alpha value is -2.77. The fourth-order valence-electron chi connectivity index (χ4n) is 2.56. The predicted molar refractivity (Wildman–Crippen MR) is 121 cm³/mol. The highest BCUT2D eigenvalue weighted by Crippen LogP contribution is 2.27. The summed E-state index contributed by atoms with van der Waals surface area (Å²) < 4.78 is 5.51. The van der Waals surface area contributed by atoms with Crippen molar-refractivity contribution in [3.05, 3.63) is 58.1 Å². The highest BCUT2D eigenvalue weighted by molar-refractivity contribution is 6.35. The Balaban J connectivity index is 1.69. The number of anilines is 1. The van der Waals surface area contributed by atoms with E-state index in [1.807, 2.05) is 13.8 Å². The van der Waals surface area contributed by atoms with Crippen molar-refractivity contribution < 1.29 is 19.1 Å². The lowest BCUT2D eigenvalue weighted by atomic mass is 10.1. The van der Waals surface area contributed by atoms with Crippen LogP contribution < -0.4 is 20.9 Å². The molecule has 0 saturated carbocycles. The summed E-state index contributed by atoms with van der Waals surface area (Å²) in [7, 11) is 0. The van der Waals surface area contributed by atoms with Gasteiger partial charge in [-0.3, -0.25) is 25.2 Å². The lowest BCUT2D eigenvalue weighted by molar-refractivity contribution is -0.122. The molecule has 0 aliphatic rings. The van der Waals surface area contributed by atoms with Crippen molar-refractivity contribution in [1.82, 2.24) is 10.9 Å². The van der Waals surface area contributed by atoms with E-state index in [-0.39, 0.29) is 30.8 Å². The van der Waals surface area contributed by atoms with Gasteiger partial charge in [0, 0.05) is 29.1 Å². The third-order valence-electron chi connectivity index (χ3n) is 4.04. The van der Waals surface area contributed by atoms with E-state index >= 15 is 0 Å². The van der Waals surface area contributed by atoms with Crippen LogP contribution in [-0.2, 0) is 9.59 Å². The van der Waals surface area contributed by atoms with Crippen molar-refractivity contribution in [2.24, 2.45) is 5.92 Å². The summed E-state index contributed by atoms with van der Waals surface area (Å²) >= 11 is 11.8. The van der Waals surface area contributed by atoms with E-state index in [0.717, 1.165) is 0 Å². The fourth-order valence-corrected chi connectivity index (χ4v) is 3.02. The molecule has 0 saturated heterocycles. The summed E-state index contributed by atoms with van der Waals surface area (Å²) in [5.41, 5.74) is 5.67. The largest absolute Gasteiger partial charge is 0.492 e. The van der Waals surface area contributed by atoms with Gasteiger partial charge >= 0.3 is 0 Å². The van der Waals surface area contributed by atoms with Crippen LogP contribution in [0.15, 0.2) is 42.5 Å². The summed E-state index contributed by atoms with van der Waals surface area (Å²) in [6.07, 6.45) is 1.02. The van der Waals surface area contributed by atoms with Crippen LogP contribution in [0.3, 0.4) is 0 Å². The van der Waals surface area contributed by atoms with Crippen LogP contribution in [-0.4, -0.2) is 24.3 Å². The Morgan fingerprint density at radius 1 is 0.968 bits per heavy atom. The SMILES string of the molecule is CC(C)CC(=O)Nc1ccc(C(=O)NNC(=O)CCCOc2ccc(Cl)cc2Cl)cc1. The number of nitrogens with one attached hydrogen (secondary N) is 3. The van der Waals surface area contributed by atoms with Crippen LogP contribution in [0.4, 0.5) is 5.69 Å². The molecule has 3 amide bonds. The van der Waals surface area contributed by atoms with Crippen LogP contribution in [0.25, 0.3) is 0 Å². The van der Waals surface area contributed by atoms with Crippen molar-refractivity contribution in [2.75, 3.05) is 11.9 Å². The molecule has 0 spiro atoms. The van der Waals surface area contributed by atoms with E-state index in [1.165, 1.54) is 0 Å². The number of hydrazine groups is 1. The maximum Gasteiger partial charge on any atom is 0.269 e. The zero-order valence-electron chi connectivity index (χ0n) is 17.3. The zero-order valence-corrected chi connectivity index (χ0v) is 18.8. The topological polar surface area (TPSA) is 96.5 Å². The molecule has 0 aliphatic carbocycles. The molecule has 0 bridgehead atoms. The number of halogens is 2. The summed E-state index contributed by atoms with van der Waals surface area (Å²) in [6.45, 7) is 4.21. The molecular weight excluding hydrogens is 441 g/mol. The second-order valence-electron chi connectivity index (χ2n) is 7.25. The lowest BCUT2D eigenvalue weighted by Crippen LogP contribution is -2.41. The molecular formula is C22H25Cl2N3O4. The van der Waals surface area contributed by atoms with E-state index in [1.54, 1.807) is 42.5 Å². The number of benzene rings is 2. The van der Waals surface area contributed by atoms with Gasteiger partial charge < -0.3 is 10.1 Å². The molecule has 2 rings (SSSR count). The molecule has 0 aliphatic heterocycles. The minimum Gasteiger partial charge on any atom is -0.492 e. The summed E-state index contributed by atoms with van der Waals surface area (Å²) in [6, 6.07) is 11.3. The van der Waals surface area contributed by atoms with Crippen LogP contribution in [0, 0.1) is 5.92 Å². The van der Waals surface area contributed by atoms with Gasteiger partial charge in [-0.1, -0.05) is 37.0 Å². The van der Waals surface area contributed by atoms with Gasteiger partial charge in [-0.2, -0.15) is 0 Å². The first-order chi connectivity index (χ1) is 14.7. The lowest BCUT2D eigenvalue weighted by Gasteiger charge is -2.10. The van der Waals surface area contributed by atoms with E-state index in [2.05, 4.69) is 16.2 Å². The average molecular weight is 466 g/mol. The van der Waals surface area contributed by atoms with Gasteiger partial charge in [0.15, 0.2) is 0 Å². The number of carbonyl (C=O) groups excluding carboxylic acids is 3. The van der Waals surface area contributed by atoms with Crippen molar-refractivity contribution in [1.29, 1.82) is 0 Å². The minimum atomic E-state index is -0.461. The van der Waals surface area contributed by atoms with Gasteiger partial charge in [0.2, 0.25) is 11.8 Å². The predicted octanol–water partition coefficient (Wildman–Crippen LogP) is 4.60. The van der Waals surface area contributed by atoms with Gasteiger partial charge in [-0.05, 0) is 54.8 Å². The molecule has 2 aromatic rings. The maximum absolute atomic E-state index is 12.1. The van der Waals surface area contributed by atoms with Gasteiger partial charge in [-0.25, -0.2) is 0 Å². The Morgan fingerprint density at radius 3 is 2.32 bits per heavy atom. The summed E-state index contributed by atoms with van der Waals surface area (Å²) in [5, 5.41) is 3.68. The first-order valence-corrected chi connectivity index (χ1v) is 10.6. The number of hydrogen-bond acceptors (Lipinski definition) is 4. The molecule has 31 heavy (non-hydrogen) atoms. The molecule has 7 nitrogen and oxygen atoms in total.